The molecular weight excluding hydrogens is 488 g/mol. The van der Waals surface area contributed by atoms with Crippen molar-refractivity contribution in [2.45, 2.75) is 44.4 Å². The molecule has 0 aliphatic heterocycles. The van der Waals surface area contributed by atoms with Crippen molar-refractivity contribution >= 4 is 35.0 Å². The molecule has 188 valence electrons. The molecule has 10 heteroatoms. The van der Waals surface area contributed by atoms with Crippen molar-refractivity contribution in [1.29, 1.82) is 0 Å². The maximum Gasteiger partial charge on any atom is 0.234 e. The molecule has 2 aromatic carbocycles. The molecule has 3 rings (SSSR count). The van der Waals surface area contributed by atoms with Crippen molar-refractivity contribution < 1.29 is 19.0 Å². The van der Waals surface area contributed by atoms with Crippen molar-refractivity contribution in [3.63, 3.8) is 0 Å². The number of carbonyl (C=O) groups is 1. The summed E-state index contributed by atoms with van der Waals surface area (Å²) in [6.07, 6.45) is -0.318. The summed E-state index contributed by atoms with van der Waals surface area (Å²) in [5.74, 6) is 2.20. The van der Waals surface area contributed by atoms with E-state index >= 15 is 0 Å². The summed E-state index contributed by atoms with van der Waals surface area (Å²) in [4.78, 5) is 12.6. The number of hydrogen-bond acceptors (Lipinski definition) is 7. The Kier molecular flexibility index (Phi) is 8.56. The van der Waals surface area contributed by atoms with E-state index in [1.807, 2.05) is 30.7 Å². The molecule has 0 bridgehead atoms. The number of aromatic nitrogens is 3. The van der Waals surface area contributed by atoms with Crippen molar-refractivity contribution in [2.75, 3.05) is 25.3 Å². The number of methoxy groups -OCH3 is 2. The highest BCUT2D eigenvalue weighted by Gasteiger charge is 2.20. The summed E-state index contributed by atoms with van der Waals surface area (Å²) in [6.45, 7) is 8.44. The summed E-state index contributed by atoms with van der Waals surface area (Å²) in [5.41, 5.74) is 1.79. The first-order valence-corrected chi connectivity index (χ1v) is 12.4. The maximum atomic E-state index is 12.6. The lowest BCUT2D eigenvalue weighted by Gasteiger charge is -2.20. The molecule has 0 saturated heterocycles. The highest BCUT2D eigenvalue weighted by Crippen LogP contribution is 2.36. The number of nitrogens with zero attached hydrogens (tertiary/aromatic N) is 3. The fourth-order valence-corrected chi connectivity index (χ4v) is 4.32. The van der Waals surface area contributed by atoms with E-state index in [4.69, 9.17) is 25.8 Å². The minimum Gasteiger partial charge on any atom is -0.495 e. The van der Waals surface area contributed by atoms with Crippen LogP contribution in [0, 0.1) is 0 Å². The Morgan fingerprint density at radius 2 is 1.77 bits per heavy atom. The largest absolute Gasteiger partial charge is 0.495 e. The second-order valence-corrected chi connectivity index (χ2v) is 10.3. The summed E-state index contributed by atoms with van der Waals surface area (Å²) in [6, 6.07) is 11.3. The molecule has 1 aromatic heterocycles. The molecule has 1 amide bonds. The molecule has 35 heavy (non-hydrogen) atoms. The third-order valence-electron chi connectivity index (χ3n) is 5.35. The van der Waals surface area contributed by atoms with Gasteiger partial charge in [0, 0.05) is 19.2 Å². The van der Waals surface area contributed by atoms with Crippen LogP contribution in [0.5, 0.6) is 17.2 Å². The highest BCUT2D eigenvalue weighted by molar-refractivity contribution is 7.99. The van der Waals surface area contributed by atoms with Crippen LogP contribution in [0.25, 0.3) is 0 Å². The molecule has 0 aliphatic rings. The first kappa shape index (κ1) is 26.7. The van der Waals surface area contributed by atoms with Crippen molar-refractivity contribution in [3.05, 3.63) is 52.8 Å². The monoisotopic (exact) mass is 518 g/mol. The van der Waals surface area contributed by atoms with Gasteiger partial charge in [-0.15, -0.1) is 10.2 Å². The SMILES string of the molecule is COc1cc(NC(=O)CSc2nnc(C(C)Oc3ccc(C(C)(C)C)cc3)n2C)c(OC)cc1Cl. The summed E-state index contributed by atoms with van der Waals surface area (Å²) in [5, 5.41) is 12.3. The highest BCUT2D eigenvalue weighted by atomic mass is 35.5. The molecule has 0 aliphatic carbocycles. The molecule has 1 atom stereocenters. The van der Waals surface area contributed by atoms with Gasteiger partial charge in [-0.25, -0.2) is 0 Å². The predicted molar refractivity (Wildman–Crippen MR) is 139 cm³/mol. The number of carbonyl (C=O) groups excluding carboxylic acids is 1. The van der Waals surface area contributed by atoms with E-state index in [2.05, 4.69) is 48.4 Å². The molecule has 0 fully saturated rings. The van der Waals surface area contributed by atoms with Crippen LogP contribution in [0.15, 0.2) is 41.6 Å². The van der Waals surface area contributed by atoms with Gasteiger partial charge in [0.15, 0.2) is 17.1 Å². The lowest BCUT2D eigenvalue weighted by Crippen LogP contribution is -2.15. The quantitative estimate of drug-likeness (QED) is 0.366. The topological polar surface area (TPSA) is 87.5 Å². The molecular formula is C25H31ClN4O4S. The number of rotatable bonds is 9. The maximum absolute atomic E-state index is 12.6. The zero-order valence-corrected chi connectivity index (χ0v) is 22.6. The third-order valence-corrected chi connectivity index (χ3v) is 6.66. The van der Waals surface area contributed by atoms with Gasteiger partial charge in [-0.2, -0.15) is 0 Å². The number of amides is 1. The minimum atomic E-state index is -0.318. The molecule has 1 heterocycles. The third kappa shape index (κ3) is 6.61. The minimum absolute atomic E-state index is 0.0803. The van der Waals surface area contributed by atoms with Crippen LogP contribution in [0.3, 0.4) is 0 Å². The Morgan fingerprint density at radius 1 is 1.11 bits per heavy atom. The summed E-state index contributed by atoms with van der Waals surface area (Å²) < 4.78 is 18.4. The summed E-state index contributed by atoms with van der Waals surface area (Å²) in [7, 11) is 4.86. The van der Waals surface area contributed by atoms with Crippen LogP contribution in [-0.4, -0.2) is 40.6 Å². The lowest BCUT2D eigenvalue weighted by atomic mass is 9.87. The zero-order chi connectivity index (χ0) is 25.8. The number of benzene rings is 2. The molecule has 1 N–H and O–H groups in total. The summed E-state index contributed by atoms with van der Waals surface area (Å²) >= 11 is 7.40. The predicted octanol–water partition coefficient (Wildman–Crippen LogP) is 5.65. The van der Waals surface area contributed by atoms with Crippen molar-refractivity contribution in [2.24, 2.45) is 7.05 Å². The second kappa shape index (κ2) is 11.2. The van der Waals surface area contributed by atoms with Crippen LogP contribution in [-0.2, 0) is 17.3 Å². The van der Waals surface area contributed by atoms with Gasteiger partial charge in [-0.3, -0.25) is 4.79 Å². The lowest BCUT2D eigenvalue weighted by molar-refractivity contribution is -0.113. The fraction of sp³-hybridized carbons (Fsp3) is 0.400. The van der Waals surface area contributed by atoms with Gasteiger partial charge in [0.1, 0.15) is 17.2 Å². The van der Waals surface area contributed by atoms with E-state index < -0.39 is 0 Å². The molecule has 0 spiro atoms. The number of nitrogens with one attached hydrogen (secondary N) is 1. The normalized spacial score (nSPS) is 12.2. The van der Waals surface area contributed by atoms with E-state index in [1.54, 1.807) is 12.1 Å². The Labute approximate surface area is 215 Å². The fourth-order valence-electron chi connectivity index (χ4n) is 3.37. The van der Waals surface area contributed by atoms with Gasteiger partial charge in [-0.1, -0.05) is 56.3 Å². The van der Waals surface area contributed by atoms with Crippen LogP contribution >= 0.6 is 23.4 Å². The average Bonchev–Trinajstić information content (AvgIpc) is 3.18. The molecule has 3 aromatic rings. The van der Waals surface area contributed by atoms with E-state index in [0.717, 1.165) is 5.75 Å². The van der Waals surface area contributed by atoms with Gasteiger partial charge in [0.05, 0.1) is 30.7 Å². The number of anilines is 1. The van der Waals surface area contributed by atoms with Gasteiger partial charge in [-0.05, 0) is 30.0 Å². The van der Waals surface area contributed by atoms with Gasteiger partial charge in [0.2, 0.25) is 5.91 Å². The Morgan fingerprint density at radius 3 is 2.37 bits per heavy atom. The first-order chi connectivity index (χ1) is 16.5. The average molecular weight is 519 g/mol. The Hall–Kier alpha value is -2.91. The number of thioether (sulfide) groups is 1. The van der Waals surface area contributed by atoms with E-state index in [9.17, 15) is 4.79 Å². The second-order valence-electron chi connectivity index (χ2n) is 8.96. The standard InChI is InChI=1S/C25H31ClN4O4S/c1-15(34-17-10-8-16(9-11-17)25(2,3)4)23-28-29-24(30(23)5)35-14-22(31)27-19-13-20(32-6)18(26)12-21(19)33-7/h8-13,15H,14H2,1-7H3,(H,27,31). The van der Waals surface area contributed by atoms with Crippen LogP contribution < -0.4 is 19.5 Å². The molecule has 0 saturated carbocycles. The number of halogens is 1. The zero-order valence-electron chi connectivity index (χ0n) is 21.0. The molecule has 8 nitrogen and oxygen atoms in total. The Balaban J connectivity index is 1.62. The van der Waals surface area contributed by atoms with Gasteiger partial charge < -0.3 is 24.1 Å². The number of hydrogen-bond donors (Lipinski definition) is 1. The van der Waals surface area contributed by atoms with Crippen LogP contribution in [0.4, 0.5) is 5.69 Å². The number of ether oxygens (including phenoxy) is 3. The van der Waals surface area contributed by atoms with E-state index in [-0.39, 0.29) is 23.2 Å². The van der Waals surface area contributed by atoms with Crippen LogP contribution in [0.2, 0.25) is 5.02 Å². The Bertz CT molecular complexity index is 1180. The molecule has 0 radical (unpaired) electrons. The van der Waals surface area contributed by atoms with Crippen LogP contribution in [0.1, 0.15) is 45.2 Å². The molecule has 1 unspecified atom stereocenters. The van der Waals surface area contributed by atoms with Crippen molar-refractivity contribution in [3.8, 4) is 17.2 Å². The smallest absolute Gasteiger partial charge is 0.234 e. The van der Waals surface area contributed by atoms with E-state index in [0.29, 0.717) is 33.2 Å². The van der Waals surface area contributed by atoms with E-state index in [1.165, 1.54) is 31.5 Å². The van der Waals surface area contributed by atoms with Crippen molar-refractivity contribution in [1.82, 2.24) is 14.8 Å². The van der Waals surface area contributed by atoms with Gasteiger partial charge in [0.25, 0.3) is 0 Å². The first-order valence-electron chi connectivity index (χ1n) is 11.0. The van der Waals surface area contributed by atoms with Gasteiger partial charge >= 0.3 is 0 Å².